The third kappa shape index (κ3) is 5.05. The Bertz CT molecular complexity index is 376. The summed E-state index contributed by atoms with van der Waals surface area (Å²) in [4.78, 5) is 12.6. The second-order valence-electron chi connectivity index (χ2n) is 4.40. The van der Waals surface area contributed by atoms with Crippen LogP contribution in [0.5, 0.6) is 0 Å². The van der Waals surface area contributed by atoms with E-state index in [0.29, 0.717) is 19.1 Å². The molecule has 0 saturated carbocycles. The minimum Gasteiger partial charge on any atom is -0.377 e. The lowest BCUT2D eigenvalue weighted by Crippen LogP contribution is -2.43. The highest BCUT2D eigenvalue weighted by Gasteiger charge is 2.37. The van der Waals surface area contributed by atoms with E-state index in [0.717, 1.165) is 12.0 Å². The molecule has 0 unspecified atom stereocenters. The van der Waals surface area contributed by atoms with Gasteiger partial charge in [-0.15, -0.1) is 0 Å². The molecule has 0 fully saturated rings. The van der Waals surface area contributed by atoms with Crippen molar-refractivity contribution in [3.63, 3.8) is 0 Å². The fraction of sp³-hybridized carbons (Fsp3) is 0.500. The standard InChI is InChI=1S/C14H22NO4Si/c1-17-20(18-2,19-3)11-7-10-15(13-16)12-14-8-5-4-6-9-14/h4-6,8-9H,7,10-12H2,1-3H3. The lowest BCUT2D eigenvalue weighted by molar-refractivity contribution is 0.122. The Hall–Kier alpha value is -1.21. The SMILES string of the molecule is CO[Si](CCCN([C]=O)Cc1ccccc1)(OC)OC. The van der Waals surface area contributed by atoms with Crippen molar-refractivity contribution in [2.75, 3.05) is 27.9 Å². The molecule has 0 saturated heterocycles. The average molecular weight is 296 g/mol. The van der Waals surface area contributed by atoms with Gasteiger partial charge in [-0.1, -0.05) is 30.3 Å². The van der Waals surface area contributed by atoms with Gasteiger partial charge in [-0.2, -0.15) is 0 Å². The molecule has 6 heteroatoms. The predicted molar refractivity (Wildman–Crippen MR) is 78.8 cm³/mol. The van der Waals surface area contributed by atoms with Crippen molar-refractivity contribution in [2.24, 2.45) is 0 Å². The van der Waals surface area contributed by atoms with Crippen LogP contribution in [0.25, 0.3) is 0 Å². The molecule has 0 spiro atoms. The molecular weight excluding hydrogens is 274 g/mol. The van der Waals surface area contributed by atoms with E-state index >= 15 is 0 Å². The molecule has 0 aliphatic carbocycles. The molecule has 1 amide bonds. The summed E-state index contributed by atoms with van der Waals surface area (Å²) in [5.74, 6) is 0. The molecule has 20 heavy (non-hydrogen) atoms. The van der Waals surface area contributed by atoms with E-state index in [-0.39, 0.29) is 0 Å². The van der Waals surface area contributed by atoms with Crippen molar-refractivity contribution in [2.45, 2.75) is 19.0 Å². The smallest absolute Gasteiger partial charge is 0.377 e. The second kappa shape index (κ2) is 8.86. The Morgan fingerprint density at radius 3 is 2.20 bits per heavy atom. The first kappa shape index (κ1) is 16.8. The summed E-state index contributed by atoms with van der Waals surface area (Å²) in [5, 5.41) is 0. The maximum atomic E-state index is 11.0. The van der Waals surface area contributed by atoms with Gasteiger partial charge in [0.1, 0.15) is 0 Å². The van der Waals surface area contributed by atoms with Gasteiger partial charge in [0.15, 0.2) is 0 Å². The Morgan fingerprint density at radius 1 is 1.10 bits per heavy atom. The average Bonchev–Trinajstić information content (AvgIpc) is 2.52. The third-order valence-corrected chi connectivity index (χ3v) is 6.02. The Balaban J connectivity index is 2.44. The van der Waals surface area contributed by atoms with Crippen molar-refractivity contribution in [3.8, 4) is 0 Å². The van der Waals surface area contributed by atoms with Crippen LogP contribution in [0.2, 0.25) is 6.04 Å². The molecule has 0 atom stereocenters. The molecule has 111 valence electrons. The summed E-state index contributed by atoms with van der Waals surface area (Å²) in [5.41, 5.74) is 1.09. The van der Waals surface area contributed by atoms with Crippen molar-refractivity contribution in [1.82, 2.24) is 4.90 Å². The first-order chi connectivity index (χ1) is 9.69. The lowest BCUT2D eigenvalue weighted by Gasteiger charge is -2.25. The Labute approximate surface area is 121 Å². The van der Waals surface area contributed by atoms with E-state index in [1.54, 1.807) is 26.2 Å². The summed E-state index contributed by atoms with van der Waals surface area (Å²) in [6, 6.07) is 10.5. The van der Waals surface area contributed by atoms with Gasteiger partial charge < -0.3 is 18.2 Å². The number of rotatable bonds is 10. The largest absolute Gasteiger partial charge is 0.500 e. The zero-order valence-corrected chi connectivity index (χ0v) is 13.3. The second-order valence-corrected chi connectivity index (χ2v) is 7.49. The lowest BCUT2D eigenvalue weighted by atomic mass is 10.2. The molecule has 0 aliphatic heterocycles. The Kier molecular flexibility index (Phi) is 7.46. The van der Waals surface area contributed by atoms with Crippen LogP contribution in [0.3, 0.4) is 0 Å². The molecule has 0 heterocycles. The maximum Gasteiger partial charge on any atom is 0.500 e. The molecule has 0 N–H and O–H groups in total. The van der Waals surface area contributed by atoms with Gasteiger partial charge in [-0.25, -0.2) is 0 Å². The van der Waals surface area contributed by atoms with Crippen LogP contribution in [-0.2, 0) is 24.6 Å². The topological polar surface area (TPSA) is 48.0 Å². The van der Waals surface area contributed by atoms with Gasteiger partial charge in [0.25, 0.3) is 0 Å². The summed E-state index contributed by atoms with van der Waals surface area (Å²) in [6.45, 7) is 1.16. The molecule has 0 aliphatic rings. The van der Waals surface area contributed by atoms with Gasteiger partial charge in [-0.05, 0) is 12.0 Å². The van der Waals surface area contributed by atoms with Gasteiger partial charge in [0.2, 0.25) is 0 Å². The van der Waals surface area contributed by atoms with E-state index in [1.165, 1.54) is 0 Å². The zero-order valence-electron chi connectivity index (χ0n) is 12.3. The van der Waals surface area contributed by atoms with Crippen LogP contribution < -0.4 is 0 Å². The van der Waals surface area contributed by atoms with Crippen LogP contribution in [0.4, 0.5) is 0 Å². The number of carbonyl (C=O) groups excluding carboxylic acids is 1. The first-order valence-corrected chi connectivity index (χ1v) is 8.45. The molecule has 1 rings (SSSR count). The molecule has 1 aromatic rings. The highest BCUT2D eigenvalue weighted by Crippen LogP contribution is 2.15. The number of hydrogen-bond acceptors (Lipinski definition) is 4. The van der Waals surface area contributed by atoms with Gasteiger partial charge in [0, 0.05) is 40.5 Å². The maximum absolute atomic E-state index is 11.0. The molecule has 5 nitrogen and oxygen atoms in total. The van der Waals surface area contributed by atoms with Crippen LogP contribution in [-0.4, -0.2) is 48.0 Å². The number of benzene rings is 1. The molecular formula is C14H22NO4Si. The normalized spacial score (nSPS) is 11.3. The number of nitrogens with zero attached hydrogens (tertiary/aromatic N) is 1. The fourth-order valence-electron chi connectivity index (χ4n) is 2.00. The first-order valence-electron chi connectivity index (χ1n) is 6.52. The fourth-order valence-corrected chi connectivity index (χ4v) is 3.71. The summed E-state index contributed by atoms with van der Waals surface area (Å²) >= 11 is 0. The van der Waals surface area contributed by atoms with Crippen LogP contribution in [0, 0.1) is 0 Å². The van der Waals surface area contributed by atoms with Crippen LogP contribution in [0.15, 0.2) is 30.3 Å². The number of amides is 1. The van der Waals surface area contributed by atoms with E-state index in [1.807, 2.05) is 36.7 Å². The summed E-state index contributed by atoms with van der Waals surface area (Å²) in [7, 11) is 2.22. The molecule has 0 bridgehead atoms. The van der Waals surface area contributed by atoms with Crippen LogP contribution in [0.1, 0.15) is 12.0 Å². The van der Waals surface area contributed by atoms with Gasteiger partial charge >= 0.3 is 15.2 Å². The van der Waals surface area contributed by atoms with Gasteiger partial charge in [0.05, 0.1) is 0 Å². The molecule has 0 aromatic heterocycles. The van der Waals surface area contributed by atoms with Crippen LogP contribution >= 0.6 is 0 Å². The van der Waals surface area contributed by atoms with E-state index in [9.17, 15) is 4.79 Å². The highest BCUT2D eigenvalue weighted by atomic mass is 28.4. The minimum absolute atomic E-state index is 0.561. The number of hydrogen-bond donors (Lipinski definition) is 0. The van der Waals surface area contributed by atoms with E-state index in [2.05, 4.69) is 0 Å². The highest BCUT2D eigenvalue weighted by molar-refractivity contribution is 6.60. The molecule has 1 aromatic carbocycles. The van der Waals surface area contributed by atoms with Crippen molar-refractivity contribution in [1.29, 1.82) is 0 Å². The molecule has 1 radical (unpaired) electrons. The van der Waals surface area contributed by atoms with Gasteiger partial charge in [-0.3, -0.25) is 4.79 Å². The van der Waals surface area contributed by atoms with E-state index in [4.69, 9.17) is 13.3 Å². The van der Waals surface area contributed by atoms with Crippen molar-refractivity contribution in [3.05, 3.63) is 35.9 Å². The third-order valence-electron chi connectivity index (χ3n) is 3.19. The Morgan fingerprint density at radius 2 is 1.70 bits per heavy atom. The predicted octanol–water partition coefficient (Wildman–Crippen LogP) is 1.82. The van der Waals surface area contributed by atoms with Crippen molar-refractivity contribution < 1.29 is 18.1 Å². The summed E-state index contributed by atoms with van der Waals surface area (Å²) < 4.78 is 16.0. The monoisotopic (exact) mass is 296 g/mol. The minimum atomic E-state index is -2.55. The van der Waals surface area contributed by atoms with E-state index < -0.39 is 8.80 Å². The quantitative estimate of drug-likeness (QED) is 0.488. The van der Waals surface area contributed by atoms with Crippen molar-refractivity contribution >= 4 is 15.2 Å². The summed E-state index contributed by atoms with van der Waals surface area (Å²) in [6.07, 6.45) is 2.72. The zero-order chi connectivity index (χ0) is 14.8.